The lowest BCUT2D eigenvalue weighted by Gasteiger charge is -2.02. The second kappa shape index (κ2) is 2.12. The minimum Gasteiger partial charge on any atom is -0.388 e. The maximum Gasteiger partial charge on any atom is 0.177 e. The van der Waals surface area contributed by atoms with Crippen LogP contribution in [-0.2, 0) is 0 Å². The van der Waals surface area contributed by atoms with Crippen LogP contribution >= 0.6 is 0 Å². The second-order valence-electron chi connectivity index (χ2n) is 1.15. The van der Waals surface area contributed by atoms with Crippen LogP contribution in [0.3, 0.4) is 0 Å². The Kier molecular flexibility index (Phi) is 2.08. The Hall–Kier alpha value is -0.120. The lowest BCUT2D eigenvalue weighted by molar-refractivity contribution is -0.114. The zero-order valence-corrected chi connectivity index (χ0v) is 3.50. The largest absolute Gasteiger partial charge is 0.388 e. The van der Waals surface area contributed by atoms with Gasteiger partial charge in [0.05, 0.1) is 0 Å². The van der Waals surface area contributed by atoms with E-state index in [1.54, 1.807) is 0 Å². The summed E-state index contributed by atoms with van der Waals surface area (Å²) in [5.74, 6) is 0. The molecule has 0 fully saturated rings. The van der Waals surface area contributed by atoms with Gasteiger partial charge in [0, 0.05) is 0 Å². The van der Waals surface area contributed by atoms with Crippen molar-refractivity contribution < 1.29 is 15.3 Å². The van der Waals surface area contributed by atoms with Gasteiger partial charge in [-0.15, -0.1) is 0 Å². The van der Waals surface area contributed by atoms with Gasteiger partial charge in [-0.05, 0) is 6.92 Å². The molecule has 0 aromatic heterocycles. The van der Waals surface area contributed by atoms with E-state index in [0.29, 0.717) is 0 Å². The molecule has 0 aromatic rings. The standard InChI is InChI=1S/C3H8O3/c1-2(4)3(5)6/h2-6H,1H3/t2-/m0/s1. The molecular formula is C3H8O3. The Morgan fingerprint density at radius 1 is 1.17 bits per heavy atom. The van der Waals surface area contributed by atoms with Gasteiger partial charge in [0.15, 0.2) is 6.29 Å². The third-order valence-electron chi connectivity index (χ3n) is 0.431. The molecule has 0 rings (SSSR count). The van der Waals surface area contributed by atoms with Crippen LogP contribution in [-0.4, -0.2) is 27.7 Å². The van der Waals surface area contributed by atoms with Crippen LogP contribution in [0.5, 0.6) is 0 Å². The van der Waals surface area contributed by atoms with Gasteiger partial charge >= 0.3 is 0 Å². The fraction of sp³-hybridized carbons (Fsp3) is 1.00. The number of aliphatic hydroxyl groups is 3. The third kappa shape index (κ3) is 2.14. The molecule has 0 aliphatic heterocycles. The maximum absolute atomic E-state index is 8.13. The van der Waals surface area contributed by atoms with E-state index in [-0.39, 0.29) is 0 Å². The first-order valence-electron chi connectivity index (χ1n) is 1.69. The van der Waals surface area contributed by atoms with E-state index >= 15 is 0 Å². The molecule has 0 radical (unpaired) electrons. The van der Waals surface area contributed by atoms with Gasteiger partial charge in [0.1, 0.15) is 6.10 Å². The van der Waals surface area contributed by atoms with Gasteiger partial charge in [-0.3, -0.25) is 0 Å². The predicted molar refractivity (Wildman–Crippen MR) is 19.9 cm³/mol. The van der Waals surface area contributed by atoms with Crippen LogP contribution in [0.1, 0.15) is 6.92 Å². The first-order valence-corrected chi connectivity index (χ1v) is 1.69. The van der Waals surface area contributed by atoms with Gasteiger partial charge in [-0.25, -0.2) is 0 Å². The fourth-order valence-corrected chi connectivity index (χ4v) is 0. The molecule has 0 heterocycles. The molecule has 3 N–H and O–H groups in total. The smallest absolute Gasteiger partial charge is 0.177 e. The summed E-state index contributed by atoms with van der Waals surface area (Å²) in [7, 11) is 0. The van der Waals surface area contributed by atoms with Crippen molar-refractivity contribution in [1.29, 1.82) is 0 Å². The summed E-state index contributed by atoms with van der Waals surface area (Å²) >= 11 is 0. The summed E-state index contributed by atoms with van der Waals surface area (Å²) < 4.78 is 0. The van der Waals surface area contributed by atoms with Crippen LogP contribution in [0, 0.1) is 0 Å². The highest BCUT2D eigenvalue weighted by Gasteiger charge is 2.01. The zero-order chi connectivity index (χ0) is 5.15. The van der Waals surface area contributed by atoms with Crippen LogP contribution in [0.4, 0.5) is 0 Å². The van der Waals surface area contributed by atoms with E-state index in [9.17, 15) is 0 Å². The van der Waals surface area contributed by atoms with Crippen molar-refractivity contribution in [3.8, 4) is 0 Å². The molecule has 6 heavy (non-hydrogen) atoms. The molecule has 0 aromatic carbocycles. The van der Waals surface area contributed by atoms with Crippen LogP contribution in [0.2, 0.25) is 0 Å². The highest BCUT2D eigenvalue weighted by Crippen LogP contribution is 1.81. The molecule has 1 atom stereocenters. The van der Waals surface area contributed by atoms with E-state index in [4.69, 9.17) is 15.3 Å². The summed E-state index contributed by atoms with van der Waals surface area (Å²) in [5.41, 5.74) is 0. The van der Waals surface area contributed by atoms with Gasteiger partial charge in [0.25, 0.3) is 0 Å². The molecule has 0 amide bonds. The summed E-state index contributed by atoms with van der Waals surface area (Å²) in [4.78, 5) is 0. The van der Waals surface area contributed by atoms with E-state index < -0.39 is 12.4 Å². The lowest BCUT2D eigenvalue weighted by Crippen LogP contribution is -2.20. The van der Waals surface area contributed by atoms with Crippen LogP contribution in [0.15, 0.2) is 0 Å². The lowest BCUT2D eigenvalue weighted by atomic mass is 10.4. The van der Waals surface area contributed by atoms with Crippen molar-refractivity contribution >= 4 is 0 Å². The number of aliphatic hydroxyl groups excluding tert-OH is 2. The summed E-state index contributed by atoms with van der Waals surface area (Å²) in [6, 6.07) is 0. The molecule has 0 aliphatic carbocycles. The normalized spacial score (nSPS) is 15.5. The van der Waals surface area contributed by atoms with E-state index in [1.807, 2.05) is 0 Å². The molecule has 0 saturated heterocycles. The molecule has 0 saturated carbocycles. The molecule has 0 spiro atoms. The zero-order valence-electron chi connectivity index (χ0n) is 3.50. The molecular weight excluding hydrogens is 84.0 g/mol. The highest BCUT2D eigenvalue weighted by molar-refractivity contribution is 4.42. The Morgan fingerprint density at radius 2 is 1.33 bits per heavy atom. The average molecular weight is 92.1 g/mol. The van der Waals surface area contributed by atoms with Gasteiger partial charge in [-0.2, -0.15) is 0 Å². The van der Waals surface area contributed by atoms with Gasteiger partial charge in [0.2, 0.25) is 0 Å². The maximum atomic E-state index is 8.13. The molecule has 0 aliphatic rings. The number of hydrogen-bond donors (Lipinski definition) is 3. The van der Waals surface area contributed by atoms with Crippen LogP contribution < -0.4 is 0 Å². The second-order valence-corrected chi connectivity index (χ2v) is 1.15. The molecule has 0 bridgehead atoms. The van der Waals surface area contributed by atoms with Crippen molar-refractivity contribution in [3.05, 3.63) is 0 Å². The van der Waals surface area contributed by atoms with Crippen molar-refractivity contribution in [3.63, 3.8) is 0 Å². The topological polar surface area (TPSA) is 60.7 Å². The molecule has 3 nitrogen and oxygen atoms in total. The minimum absolute atomic E-state index is 1.04. The predicted octanol–water partition coefficient (Wildman–Crippen LogP) is -1.32. The SMILES string of the molecule is C[C@H](O)C(O)O. The Labute approximate surface area is 35.9 Å². The van der Waals surface area contributed by atoms with E-state index in [0.717, 1.165) is 0 Å². The first-order chi connectivity index (χ1) is 2.64. The third-order valence-corrected chi connectivity index (χ3v) is 0.431. The van der Waals surface area contributed by atoms with Crippen molar-refractivity contribution in [1.82, 2.24) is 0 Å². The minimum atomic E-state index is -1.59. The van der Waals surface area contributed by atoms with Crippen molar-refractivity contribution in [2.45, 2.75) is 19.3 Å². The molecule has 0 unspecified atom stereocenters. The van der Waals surface area contributed by atoms with E-state index in [1.165, 1.54) is 6.92 Å². The van der Waals surface area contributed by atoms with Gasteiger partial charge < -0.3 is 15.3 Å². The quantitative estimate of drug-likeness (QED) is 0.351. The summed E-state index contributed by atoms with van der Waals surface area (Å²) in [5, 5.41) is 24.0. The Morgan fingerprint density at radius 3 is 1.33 bits per heavy atom. The van der Waals surface area contributed by atoms with E-state index in [2.05, 4.69) is 0 Å². The Balaban J connectivity index is 2.99. The Bertz CT molecular complexity index is 27.0. The number of hydrogen-bond acceptors (Lipinski definition) is 3. The highest BCUT2D eigenvalue weighted by atomic mass is 16.5. The van der Waals surface area contributed by atoms with Crippen molar-refractivity contribution in [2.24, 2.45) is 0 Å². The monoisotopic (exact) mass is 92.0 g/mol. The van der Waals surface area contributed by atoms with Crippen molar-refractivity contribution in [2.75, 3.05) is 0 Å². The summed E-state index contributed by atoms with van der Waals surface area (Å²) in [6.45, 7) is 1.30. The molecule has 38 valence electrons. The molecule has 3 heteroatoms. The van der Waals surface area contributed by atoms with Gasteiger partial charge in [-0.1, -0.05) is 0 Å². The number of rotatable bonds is 1. The first kappa shape index (κ1) is 5.88. The summed E-state index contributed by atoms with van der Waals surface area (Å²) in [6.07, 6.45) is -2.63. The van der Waals surface area contributed by atoms with Crippen LogP contribution in [0.25, 0.3) is 0 Å². The average Bonchev–Trinajstić information content (AvgIpc) is 1.36. The fourth-order valence-electron chi connectivity index (χ4n) is 0.